The number of aryl methyl sites for hydroxylation is 1. The van der Waals surface area contributed by atoms with Crippen molar-refractivity contribution in [3.63, 3.8) is 0 Å². The second-order valence-corrected chi connectivity index (χ2v) is 11.2. The van der Waals surface area contributed by atoms with Gasteiger partial charge in [0.25, 0.3) is 6.71 Å². The summed E-state index contributed by atoms with van der Waals surface area (Å²) in [6.45, 7) is 9.06. The lowest BCUT2D eigenvalue weighted by Crippen LogP contribution is -2.60. The molecule has 1 aromatic heterocycles. The molecule has 0 atom stereocenters. The van der Waals surface area contributed by atoms with Crippen molar-refractivity contribution in [1.82, 2.24) is 0 Å². The monoisotopic (exact) mass is 480 g/mol. The zero-order valence-electron chi connectivity index (χ0n) is 21.7. The molecule has 0 N–H and O–H groups in total. The molecule has 0 amide bonds. The lowest BCUT2D eigenvalue weighted by Gasteiger charge is -2.42. The van der Waals surface area contributed by atoms with E-state index in [1.165, 1.54) is 50.3 Å². The molecule has 0 unspecified atom stereocenters. The Morgan fingerprint density at radius 3 is 2.03 bits per heavy atom. The van der Waals surface area contributed by atoms with Crippen LogP contribution in [-0.2, 0) is 5.41 Å². The predicted molar refractivity (Wildman–Crippen MR) is 156 cm³/mol. The molecule has 0 radical (unpaired) electrons. The number of rotatable bonds is 2. The van der Waals surface area contributed by atoms with Crippen molar-refractivity contribution in [3.05, 3.63) is 114 Å². The van der Waals surface area contributed by atoms with Crippen LogP contribution in [0.3, 0.4) is 0 Å². The molecule has 0 saturated carbocycles. The maximum absolute atomic E-state index is 6.25. The van der Waals surface area contributed by atoms with Crippen molar-refractivity contribution in [1.29, 1.82) is 0 Å². The van der Waals surface area contributed by atoms with E-state index in [1.807, 2.05) is 6.26 Å². The highest BCUT2D eigenvalue weighted by molar-refractivity contribution is 7.00. The molecule has 37 heavy (non-hydrogen) atoms. The van der Waals surface area contributed by atoms with E-state index >= 15 is 0 Å². The first-order chi connectivity index (χ1) is 17.9. The number of fused-ring (bicyclic) bond motifs is 4. The molecule has 5 aromatic rings. The van der Waals surface area contributed by atoms with Crippen LogP contribution in [0.25, 0.3) is 0 Å². The first kappa shape index (κ1) is 22.1. The molecule has 0 aliphatic carbocycles. The third-order valence-electron chi connectivity index (χ3n) is 7.73. The van der Waals surface area contributed by atoms with Gasteiger partial charge in [-0.2, -0.15) is 0 Å². The van der Waals surface area contributed by atoms with E-state index in [9.17, 15) is 0 Å². The molecule has 3 heterocycles. The zero-order valence-corrected chi connectivity index (χ0v) is 21.7. The molecule has 2 aliphatic heterocycles. The molecule has 3 nitrogen and oxygen atoms in total. The molecule has 0 bridgehead atoms. The normalized spacial score (nSPS) is 13.8. The number of hydrogen-bond donors (Lipinski definition) is 0. The van der Waals surface area contributed by atoms with Crippen LogP contribution in [0.1, 0.15) is 31.9 Å². The maximum atomic E-state index is 6.25. The molecular weight excluding hydrogens is 451 g/mol. The van der Waals surface area contributed by atoms with Crippen molar-refractivity contribution in [2.24, 2.45) is 0 Å². The van der Waals surface area contributed by atoms with E-state index in [2.05, 4.69) is 135 Å². The van der Waals surface area contributed by atoms with Gasteiger partial charge >= 0.3 is 0 Å². The van der Waals surface area contributed by atoms with Crippen molar-refractivity contribution in [2.75, 3.05) is 9.80 Å². The Morgan fingerprint density at radius 1 is 0.649 bits per heavy atom. The van der Waals surface area contributed by atoms with Gasteiger partial charge in [-0.1, -0.05) is 69.3 Å². The fraction of sp³-hybridized carbons (Fsp3) is 0.152. The van der Waals surface area contributed by atoms with Crippen molar-refractivity contribution in [2.45, 2.75) is 33.1 Å². The Labute approximate surface area is 219 Å². The average Bonchev–Trinajstić information content (AvgIpc) is 3.38. The summed E-state index contributed by atoms with van der Waals surface area (Å²) in [6, 6.07) is 35.3. The van der Waals surface area contributed by atoms with Gasteiger partial charge in [0.05, 0.1) is 6.26 Å². The number of hydrogen-bond acceptors (Lipinski definition) is 3. The highest BCUT2D eigenvalue weighted by Crippen LogP contribution is 2.44. The molecule has 2 aliphatic rings. The minimum absolute atomic E-state index is 0.101. The Kier molecular flexibility index (Phi) is 4.72. The maximum Gasteiger partial charge on any atom is 0.256 e. The van der Waals surface area contributed by atoms with Crippen LogP contribution in [0, 0.1) is 6.92 Å². The van der Waals surface area contributed by atoms with Gasteiger partial charge in [-0.15, -0.1) is 0 Å². The first-order valence-corrected chi connectivity index (χ1v) is 13.0. The zero-order chi connectivity index (χ0) is 25.3. The number of benzene rings is 4. The smallest absolute Gasteiger partial charge is 0.256 e. The van der Waals surface area contributed by atoms with Gasteiger partial charge in [0.1, 0.15) is 0 Å². The molecule has 7 rings (SSSR count). The summed E-state index contributed by atoms with van der Waals surface area (Å²) in [4.78, 5) is 4.73. The lowest BCUT2D eigenvalue weighted by atomic mass is 9.34. The van der Waals surface area contributed by atoms with Gasteiger partial charge in [0, 0.05) is 28.4 Å². The van der Waals surface area contributed by atoms with E-state index in [0.717, 1.165) is 11.6 Å². The topological polar surface area (TPSA) is 19.6 Å². The molecule has 4 heteroatoms. The Bertz CT molecular complexity index is 1630. The third-order valence-corrected chi connectivity index (χ3v) is 7.73. The molecule has 0 fully saturated rings. The average molecular weight is 480 g/mol. The first-order valence-electron chi connectivity index (χ1n) is 13.0. The van der Waals surface area contributed by atoms with Crippen LogP contribution >= 0.6 is 0 Å². The number of furan rings is 1. The van der Waals surface area contributed by atoms with Gasteiger partial charge < -0.3 is 9.32 Å². The lowest BCUT2D eigenvalue weighted by molar-refractivity contribution is 0.575. The molecular formula is C33H29BN2O. The fourth-order valence-corrected chi connectivity index (χ4v) is 6.01. The summed E-state index contributed by atoms with van der Waals surface area (Å²) in [5.74, 6) is 0.903. The van der Waals surface area contributed by atoms with Crippen molar-refractivity contribution in [3.8, 4) is 0 Å². The molecule has 4 aromatic carbocycles. The van der Waals surface area contributed by atoms with Gasteiger partial charge in [-0.3, -0.25) is 4.90 Å². The SMILES string of the molecule is Cc1cc2c3c(c1)N(c1ccc(C(C)(C)C)cc1)c1occc1B3c1ccccc1N2c1ccccc1. The summed E-state index contributed by atoms with van der Waals surface area (Å²) in [5, 5.41) is 0. The summed E-state index contributed by atoms with van der Waals surface area (Å²) in [7, 11) is 0. The third kappa shape index (κ3) is 3.29. The Morgan fingerprint density at radius 2 is 1.30 bits per heavy atom. The van der Waals surface area contributed by atoms with Crippen LogP contribution in [0.5, 0.6) is 0 Å². The fourth-order valence-electron chi connectivity index (χ4n) is 6.01. The predicted octanol–water partition coefficient (Wildman–Crippen LogP) is 6.97. The van der Waals surface area contributed by atoms with Crippen LogP contribution in [0.15, 0.2) is 108 Å². The summed E-state index contributed by atoms with van der Waals surface area (Å²) in [6.07, 6.45) is 1.84. The minimum Gasteiger partial charge on any atom is -0.449 e. The van der Waals surface area contributed by atoms with E-state index in [-0.39, 0.29) is 12.1 Å². The summed E-state index contributed by atoms with van der Waals surface area (Å²) in [5.41, 5.74) is 12.4. The summed E-state index contributed by atoms with van der Waals surface area (Å²) >= 11 is 0. The van der Waals surface area contributed by atoms with Gasteiger partial charge in [-0.05, 0) is 88.4 Å². The van der Waals surface area contributed by atoms with E-state index < -0.39 is 0 Å². The van der Waals surface area contributed by atoms with E-state index in [4.69, 9.17) is 4.42 Å². The van der Waals surface area contributed by atoms with Gasteiger partial charge in [0.2, 0.25) is 0 Å². The molecule has 180 valence electrons. The van der Waals surface area contributed by atoms with Gasteiger partial charge in [-0.25, -0.2) is 0 Å². The van der Waals surface area contributed by atoms with Crippen molar-refractivity contribution >= 4 is 57.4 Å². The summed E-state index contributed by atoms with van der Waals surface area (Å²) < 4.78 is 6.25. The van der Waals surface area contributed by atoms with Gasteiger partial charge in [0.15, 0.2) is 5.88 Å². The second-order valence-electron chi connectivity index (χ2n) is 11.2. The minimum atomic E-state index is 0.101. The van der Waals surface area contributed by atoms with E-state index in [0.29, 0.717) is 0 Å². The molecule has 0 spiro atoms. The van der Waals surface area contributed by atoms with Crippen LogP contribution in [-0.4, -0.2) is 6.71 Å². The number of anilines is 6. The standard InChI is InChI=1S/C33H29BN2O/c1-22-20-29-31-30(21-22)36(25-16-14-23(15-17-25)33(2,3)4)32-27(18-19-37-32)34(31)26-12-8-9-13-28(26)35(29)24-10-6-5-7-11-24/h5-21H,1-4H3. The Hall–Kier alpha value is -4.18. The van der Waals surface area contributed by atoms with Crippen LogP contribution in [0.2, 0.25) is 0 Å². The molecule has 0 saturated heterocycles. The number of para-hydroxylation sites is 2. The largest absolute Gasteiger partial charge is 0.449 e. The van der Waals surface area contributed by atoms with Crippen LogP contribution in [0.4, 0.5) is 34.3 Å². The Balaban J connectivity index is 1.51. The highest BCUT2D eigenvalue weighted by atomic mass is 16.3. The second kappa shape index (κ2) is 7.91. The highest BCUT2D eigenvalue weighted by Gasteiger charge is 2.44. The quantitative estimate of drug-likeness (QED) is 0.249. The van der Waals surface area contributed by atoms with Crippen molar-refractivity contribution < 1.29 is 4.42 Å². The van der Waals surface area contributed by atoms with Crippen LogP contribution < -0.4 is 26.2 Å². The van der Waals surface area contributed by atoms with E-state index in [1.54, 1.807) is 0 Å². The number of nitrogens with zero attached hydrogens (tertiary/aromatic N) is 2.